The second-order valence-corrected chi connectivity index (χ2v) is 9.10. The van der Waals surface area contributed by atoms with Crippen molar-refractivity contribution >= 4 is 39.6 Å². The zero-order chi connectivity index (χ0) is 23.7. The molecule has 0 bridgehead atoms. The largest absolute Gasteiger partial charge is 0.494 e. The van der Waals surface area contributed by atoms with Gasteiger partial charge in [0.1, 0.15) is 0 Å². The predicted molar refractivity (Wildman–Crippen MR) is 134 cm³/mol. The molecule has 34 heavy (non-hydrogen) atoms. The molecule has 2 aromatic heterocycles. The number of morpholine rings is 1. The number of carboxylic acids is 1. The van der Waals surface area contributed by atoms with E-state index in [1.54, 1.807) is 41.2 Å². The number of thiophene rings is 1. The number of aryl methyl sites for hydroxylation is 1. The normalized spacial score (nSPS) is 15.1. The molecule has 2 N–H and O–H groups in total. The maximum atomic E-state index is 11.6. The fourth-order valence-electron chi connectivity index (χ4n) is 4.28. The van der Waals surface area contributed by atoms with Crippen molar-refractivity contribution < 1.29 is 19.7 Å². The van der Waals surface area contributed by atoms with Crippen LogP contribution in [0.4, 0.5) is 5.69 Å². The van der Waals surface area contributed by atoms with Crippen LogP contribution in [0.5, 0.6) is 5.88 Å². The van der Waals surface area contributed by atoms with Gasteiger partial charge < -0.3 is 19.5 Å². The smallest absolute Gasteiger partial charge is 0.335 e. The van der Waals surface area contributed by atoms with E-state index in [4.69, 9.17) is 9.73 Å². The predicted octanol–water partition coefficient (Wildman–Crippen LogP) is 4.64. The lowest BCUT2D eigenvalue weighted by molar-refractivity contribution is 0.0342. The number of carboxylic acid groups (broad SMARTS) is 1. The van der Waals surface area contributed by atoms with Crippen LogP contribution in [0.3, 0.4) is 0 Å². The van der Waals surface area contributed by atoms with Gasteiger partial charge in [-0.25, -0.2) is 9.79 Å². The van der Waals surface area contributed by atoms with Gasteiger partial charge in [0.15, 0.2) is 0 Å². The molecule has 0 spiro atoms. The summed E-state index contributed by atoms with van der Waals surface area (Å²) in [5.74, 6) is -0.965. The van der Waals surface area contributed by atoms with Crippen LogP contribution < -0.4 is 0 Å². The average Bonchev–Trinajstić information content (AvgIpc) is 3.47. The van der Waals surface area contributed by atoms with Gasteiger partial charge in [-0.1, -0.05) is 12.1 Å². The van der Waals surface area contributed by atoms with Gasteiger partial charge in [-0.2, -0.15) is 11.3 Å². The van der Waals surface area contributed by atoms with Crippen molar-refractivity contribution in [3.05, 3.63) is 81.5 Å². The highest BCUT2D eigenvalue weighted by molar-refractivity contribution is 7.08. The first kappa shape index (κ1) is 22.3. The Kier molecular flexibility index (Phi) is 6.19. The zero-order valence-corrected chi connectivity index (χ0v) is 19.6. The molecule has 5 rings (SSSR count). The van der Waals surface area contributed by atoms with Crippen LogP contribution in [0.1, 0.15) is 27.0 Å². The van der Waals surface area contributed by atoms with E-state index < -0.39 is 5.97 Å². The third-order valence-corrected chi connectivity index (χ3v) is 6.82. The van der Waals surface area contributed by atoms with E-state index in [1.165, 1.54) is 5.56 Å². The molecule has 4 aromatic rings. The molecule has 0 atom stereocenters. The van der Waals surface area contributed by atoms with E-state index in [-0.39, 0.29) is 11.4 Å². The van der Waals surface area contributed by atoms with E-state index in [1.807, 2.05) is 29.0 Å². The van der Waals surface area contributed by atoms with E-state index in [0.29, 0.717) is 16.7 Å². The third-order valence-electron chi connectivity index (χ3n) is 6.13. The minimum absolute atomic E-state index is 0.0476. The molecule has 174 valence electrons. The Morgan fingerprint density at radius 1 is 1.09 bits per heavy atom. The Morgan fingerprint density at radius 3 is 2.53 bits per heavy atom. The summed E-state index contributed by atoms with van der Waals surface area (Å²) in [6.07, 6.45) is 0. The van der Waals surface area contributed by atoms with Gasteiger partial charge in [0.2, 0.25) is 5.88 Å². The van der Waals surface area contributed by atoms with Crippen LogP contribution in [0, 0.1) is 0 Å². The van der Waals surface area contributed by atoms with Crippen molar-refractivity contribution in [1.82, 2.24) is 9.47 Å². The second-order valence-electron chi connectivity index (χ2n) is 8.32. The molecule has 1 saturated heterocycles. The van der Waals surface area contributed by atoms with Crippen molar-refractivity contribution in [2.24, 2.45) is 12.0 Å². The first-order valence-corrected chi connectivity index (χ1v) is 12.0. The van der Waals surface area contributed by atoms with E-state index in [0.717, 1.165) is 49.6 Å². The Morgan fingerprint density at radius 2 is 1.85 bits per heavy atom. The number of aliphatic imine (C=N–C) groups is 1. The van der Waals surface area contributed by atoms with E-state index >= 15 is 0 Å². The highest BCUT2D eigenvalue weighted by Crippen LogP contribution is 2.35. The minimum atomic E-state index is -1.01. The third kappa shape index (κ3) is 4.35. The molecule has 3 heterocycles. The molecule has 1 fully saturated rings. The number of fused-ring (bicyclic) bond motifs is 1. The first-order chi connectivity index (χ1) is 16.5. The number of carbonyl (C=O) groups is 1. The molecule has 0 radical (unpaired) electrons. The van der Waals surface area contributed by atoms with Gasteiger partial charge >= 0.3 is 5.97 Å². The average molecular weight is 476 g/mol. The van der Waals surface area contributed by atoms with E-state index in [2.05, 4.69) is 17.0 Å². The first-order valence-electron chi connectivity index (χ1n) is 11.1. The number of nitrogens with zero attached hydrogens (tertiary/aromatic N) is 3. The van der Waals surface area contributed by atoms with Gasteiger partial charge in [0.05, 0.1) is 41.3 Å². The standard InChI is InChI=1S/C26H25N3O4S/c1-28-22-7-4-18(26(31)32)14-21(22)23(25(28)30)24(19-8-13-34-16-19)27-20-5-2-17(3-6-20)15-29-9-11-33-12-10-29/h2-8,13-14,16,30H,9-12,15H2,1H3,(H,31,32). The van der Waals surface area contributed by atoms with Gasteiger partial charge in [-0.15, -0.1) is 0 Å². The number of hydrogen-bond acceptors (Lipinski definition) is 6. The molecular formula is C26H25N3O4S. The summed E-state index contributed by atoms with van der Waals surface area (Å²) in [6, 6.07) is 14.9. The zero-order valence-electron chi connectivity index (χ0n) is 18.8. The van der Waals surface area contributed by atoms with Crippen molar-refractivity contribution in [1.29, 1.82) is 0 Å². The van der Waals surface area contributed by atoms with Gasteiger partial charge in [-0.05, 0) is 47.3 Å². The molecule has 0 aliphatic carbocycles. The Hall–Kier alpha value is -3.46. The van der Waals surface area contributed by atoms with Crippen LogP contribution in [-0.4, -0.2) is 57.7 Å². The Bertz CT molecular complexity index is 1350. The molecule has 0 amide bonds. The molecule has 0 unspecified atom stereocenters. The molecule has 1 aliphatic heterocycles. The van der Waals surface area contributed by atoms with Crippen LogP contribution in [0.25, 0.3) is 10.9 Å². The fourth-order valence-corrected chi connectivity index (χ4v) is 4.92. The van der Waals surface area contributed by atoms with Gasteiger partial charge in [0.25, 0.3) is 0 Å². The van der Waals surface area contributed by atoms with Crippen molar-refractivity contribution in [2.75, 3.05) is 26.3 Å². The van der Waals surface area contributed by atoms with Crippen LogP contribution in [0.2, 0.25) is 0 Å². The lowest BCUT2D eigenvalue weighted by Crippen LogP contribution is -2.35. The topological polar surface area (TPSA) is 87.3 Å². The Labute approximate surface area is 201 Å². The van der Waals surface area contributed by atoms with Gasteiger partial charge in [-0.3, -0.25) is 4.90 Å². The second kappa shape index (κ2) is 9.42. The number of hydrogen-bond donors (Lipinski definition) is 2. The highest BCUT2D eigenvalue weighted by Gasteiger charge is 2.22. The summed E-state index contributed by atoms with van der Waals surface area (Å²) in [5, 5.41) is 25.1. The molecule has 8 heteroatoms. The fraction of sp³-hybridized carbons (Fsp3) is 0.231. The number of aromatic carboxylic acids is 1. The summed E-state index contributed by atoms with van der Waals surface area (Å²) >= 11 is 1.54. The quantitative estimate of drug-likeness (QED) is 0.397. The van der Waals surface area contributed by atoms with Crippen molar-refractivity contribution in [2.45, 2.75) is 6.54 Å². The maximum Gasteiger partial charge on any atom is 0.335 e. The molecule has 0 saturated carbocycles. The number of aromatic hydroxyl groups is 1. The van der Waals surface area contributed by atoms with Crippen molar-refractivity contribution in [3.8, 4) is 5.88 Å². The molecular weight excluding hydrogens is 450 g/mol. The van der Waals surface area contributed by atoms with Crippen molar-refractivity contribution in [3.63, 3.8) is 0 Å². The number of aromatic nitrogens is 1. The van der Waals surface area contributed by atoms with E-state index in [9.17, 15) is 15.0 Å². The summed E-state index contributed by atoms with van der Waals surface area (Å²) < 4.78 is 7.08. The Balaban J connectivity index is 1.57. The molecule has 7 nitrogen and oxygen atoms in total. The van der Waals surface area contributed by atoms with Crippen LogP contribution in [-0.2, 0) is 18.3 Å². The summed E-state index contributed by atoms with van der Waals surface area (Å²) in [5.41, 5.74) is 4.86. The van der Waals surface area contributed by atoms with Crippen LogP contribution >= 0.6 is 11.3 Å². The molecule has 1 aliphatic rings. The summed E-state index contributed by atoms with van der Waals surface area (Å²) in [7, 11) is 1.76. The number of benzene rings is 2. The maximum absolute atomic E-state index is 11.6. The van der Waals surface area contributed by atoms with Gasteiger partial charge in [0, 0.05) is 43.0 Å². The SMILES string of the molecule is Cn1c(O)c(C(=Nc2ccc(CN3CCOCC3)cc2)c2ccsc2)c2cc(C(=O)O)ccc21. The molecule has 2 aromatic carbocycles. The minimum Gasteiger partial charge on any atom is -0.494 e. The monoisotopic (exact) mass is 475 g/mol. The summed E-state index contributed by atoms with van der Waals surface area (Å²) in [6.45, 7) is 4.27. The summed E-state index contributed by atoms with van der Waals surface area (Å²) in [4.78, 5) is 18.9. The lowest BCUT2D eigenvalue weighted by atomic mass is 10.0. The van der Waals surface area contributed by atoms with Crippen LogP contribution in [0.15, 0.2) is 64.3 Å². The lowest BCUT2D eigenvalue weighted by Gasteiger charge is -2.26. The number of rotatable bonds is 6. The number of ether oxygens (including phenoxy) is 1. The highest BCUT2D eigenvalue weighted by atomic mass is 32.1.